The molecule has 20 heavy (non-hydrogen) atoms. The van der Waals surface area contributed by atoms with Crippen molar-refractivity contribution >= 4 is 39.1 Å². The Morgan fingerprint density at radius 3 is 2.85 bits per heavy atom. The highest BCUT2D eigenvalue weighted by molar-refractivity contribution is 9.10. The molecular weight excluding hydrogens is 340 g/mol. The van der Waals surface area contributed by atoms with Gasteiger partial charge in [-0.15, -0.1) is 0 Å². The number of nitrogens with one attached hydrogen (secondary N) is 1. The third kappa shape index (κ3) is 2.72. The zero-order valence-electron chi connectivity index (χ0n) is 10.6. The quantitative estimate of drug-likeness (QED) is 0.822. The molecule has 1 aromatic carbocycles. The van der Waals surface area contributed by atoms with Gasteiger partial charge in [0.15, 0.2) is 0 Å². The lowest BCUT2D eigenvalue weighted by molar-refractivity contribution is 0.102. The number of rotatable bonds is 2. The Morgan fingerprint density at radius 2 is 2.05 bits per heavy atom. The van der Waals surface area contributed by atoms with Crippen molar-refractivity contribution in [1.82, 2.24) is 4.98 Å². The van der Waals surface area contributed by atoms with E-state index in [2.05, 4.69) is 26.2 Å². The van der Waals surface area contributed by atoms with Crippen LogP contribution in [0.4, 0.5) is 5.69 Å². The van der Waals surface area contributed by atoms with Gasteiger partial charge in [0.1, 0.15) is 5.15 Å². The van der Waals surface area contributed by atoms with Crippen LogP contribution in [-0.2, 0) is 12.8 Å². The maximum Gasteiger partial charge on any atom is 0.255 e. The molecule has 0 atom stereocenters. The van der Waals surface area contributed by atoms with Crippen LogP contribution < -0.4 is 5.32 Å². The Kier molecular flexibility index (Phi) is 3.76. The van der Waals surface area contributed by atoms with Gasteiger partial charge in [0, 0.05) is 5.56 Å². The number of anilines is 1. The predicted octanol–water partition coefficient (Wildman–Crippen LogP) is 4.24. The molecule has 3 rings (SSSR count). The Morgan fingerprint density at radius 1 is 1.25 bits per heavy atom. The van der Waals surface area contributed by atoms with E-state index in [0.717, 1.165) is 12.8 Å². The van der Waals surface area contributed by atoms with E-state index in [0.29, 0.717) is 20.9 Å². The molecule has 0 bridgehead atoms. The maximum absolute atomic E-state index is 12.2. The summed E-state index contributed by atoms with van der Waals surface area (Å²) in [6, 6.07) is 7.64. The van der Waals surface area contributed by atoms with Gasteiger partial charge in [0.25, 0.3) is 5.91 Å². The summed E-state index contributed by atoms with van der Waals surface area (Å²) in [5, 5.41) is 3.20. The van der Waals surface area contributed by atoms with E-state index < -0.39 is 0 Å². The molecule has 0 unspecified atom stereocenters. The van der Waals surface area contributed by atoms with Crippen LogP contribution in [0.3, 0.4) is 0 Å². The minimum Gasteiger partial charge on any atom is -0.321 e. The van der Waals surface area contributed by atoms with E-state index in [1.165, 1.54) is 17.5 Å². The van der Waals surface area contributed by atoms with Gasteiger partial charge in [-0.25, -0.2) is 4.98 Å². The largest absolute Gasteiger partial charge is 0.321 e. The van der Waals surface area contributed by atoms with Gasteiger partial charge in [-0.2, -0.15) is 0 Å². The number of carbonyl (C=O) groups excluding carboxylic acids is 1. The van der Waals surface area contributed by atoms with Crippen LogP contribution in [0.15, 0.2) is 34.9 Å². The first kappa shape index (κ1) is 13.6. The summed E-state index contributed by atoms with van der Waals surface area (Å²) < 4.78 is 0.658. The van der Waals surface area contributed by atoms with Crippen molar-refractivity contribution in [3.05, 3.63) is 56.8 Å². The number of nitrogens with zero attached hydrogens (tertiary/aromatic N) is 1. The third-order valence-electron chi connectivity index (χ3n) is 3.41. The molecule has 1 N–H and O–H groups in total. The molecule has 0 saturated carbocycles. The second-order valence-corrected chi connectivity index (χ2v) is 6.00. The molecule has 0 aliphatic heterocycles. The number of aromatic nitrogens is 1. The second-order valence-electron chi connectivity index (χ2n) is 4.79. The molecule has 1 heterocycles. The first-order chi connectivity index (χ1) is 9.63. The maximum atomic E-state index is 12.2. The van der Waals surface area contributed by atoms with E-state index >= 15 is 0 Å². The average molecular weight is 352 g/mol. The van der Waals surface area contributed by atoms with Gasteiger partial charge in [-0.1, -0.05) is 17.7 Å². The van der Waals surface area contributed by atoms with E-state index in [1.54, 1.807) is 12.3 Å². The number of hydrogen-bond acceptors (Lipinski definition) is 2. The van der Waals surface area contributed by atoms with Crippen molar-refractivity contribution in [3.8, 4) is 0 Å². The van der Waals surface area contributed by atoms with Crippen molar-refractivity contribution < 1.29 is 4.79 Å². The lowest BCUT2D eigenvalue weighted by Crippen LogP contribution is -2.12. The standard InChI is InChI=1S/C15H12BrClN2O/c16-13-7-12(8-18-14(13)17)19-15(20)11-5-4-9-2-1-3-10(9)6-11/h4-8H,1-3H2,(H,19,20). The van der Waals surface area contributed by atoms with Crippen LogP contribution in [0.1, 0.15) is 27.9 Å². The zero-order chi connectivity index (χ0) is 14.1. The van der Waals surface area contributed by atoms with Crippen molar-refractivity contribution in [2.45, 2.75) is 19.3 Å². The minimum absolute atomic E-state index is 0.129. The van der Waals surface area contributed by atoms with E-state index in [4.69, 9.17) is 11.6 Å². The third-order valence-corrected chi connectivity index (χ3v) is 4.55. The van der Waals surface area contributed by atoms with Crippen molar-refractivity contribution in [2.75, 3.05) is 5.32 Å². The first-order valence-corrected chi connectivity index (χ1v) is 7.55. The van der Waals surface area contributed by atoms with Gasteiger partial charge in [-0.3, -0.25) is 4.79 Å². The summed E-state index contributed by atoms with van der Waals surface area (Å²) in [5.41, 5.74) is 3.94. The van der Waals surface area contributed by atoms with Crippen molar-refractivity contribution in [2.24, 2.45) is 0 Å². The molecule has 1 amide bonds. The minimum atomic E-state index is -0.129. The summed E-state index contributed by atoms with van der Waals surface area (Å²) >= 11 is 9.11. The SMILES string of the molecule is O=C(Nc1cnc(Cl)c(Br)c1)c1ccc2c(c1)CCC2. The molecule has 0 spiro atoms. The van der Waals surface area contributed by atoms with Gasteiger partial charge in [0.05, 0.1) is 16.4 Å². The first-order valence-electron chi connectivity index (χ1n) is 6.38. The molecule has 2 aromatic rings. The fourth-order valence-electron chi connectivity index (χ4n) is 2.41. The van der Waals surface area contributed by atoms with Crippen LogP contribution in [0.25, 0.3) is 0 Å². The normalized spacial score (nSPS) is 13.1. The summed E-state index contributed by atoms with van der Waals surface area (Å²) in [4.78, 5) is 16.2. The highest BCUT2D eigenvalue weighted by Crippen LogP contribution is 2.25. The van der Waals surface area contributed by atoms with Crippen LogP contribution in [0.5, 0.6) is 0 Å². The average Bonchev–Trinajstić information content (AvgIpc) is 2.90. The number of hydrogen-bond donors (Lipinski definition) is 1. The van der Waals surface area contributed by atoms with Crippen LogP contribution in [0.2, 0.25) is 5.15 Å². The lowest BCUT2D eigenvalue weighted by atomic mass is 10.1. The molecule has 102 valence electrons. The number of halogens is 2. The molecule has 1 aliphatic rings. The number of pyridine rings is 1. The topological polar surface area (TPSA) is 42.0 Å². The molecule has 1 aromatic heterocycles. The van der Waals surface area contributed by atoms with Gasteiger partial charge in [-0.05, 0) is 64.5 Å². The van der Waals surface area contributed by atoms with Crippen LogP contribution >= 0.6 is 27.5 Å². The molecule has 1 aliphatic carbocycles. The Hall–Kier alpha value is -1.39. The summed E-state index contributed by atoms with van der Waals surface area (Å²) in [7, 11) is 0. The van der Waals surface area contributed by atoms with Crippen LogP contribution in [-0.4, -0.2) is 10.9 Å². The molecular formula is C15H12BrClN2O. The summed E-state index contributed by atoms with van der Waals surface area (Å²) in [6.45, 7) is 0. The molecule has 0 fully saturated rings. The number of benzene rings is 1. The predicted molar refractivity (Wildman–Crippen MR) is 83.4 cm³/mol. The van der Waals surface area contributed by atoms with E-state index in [9.17, 15) is 4.79 Å². The lowest BCUT2D eigenvalue weighted by Gasteiger charge is -2.07. The Balaban J connectivity index is 1.80. The number of aryl methyl sites for hydroxylation is 2. The van der Waals surface area contributed by atoms with E-state index in [-0.39, 0.29) is 5.91 Å². The smallest absolute Gasteiger partial charge is 0.255 e. The van der Waals surface area contributed by atoms with Gasteiger partial charge >= 0.3 is 0 Å². The van der Waals surface area contributed by atoms with Crippen LogP contribution in [0, 0.1) is 0 Å². The molecule has 0 radical (unpaired) electrons. The highest BCUT2D eigenvalue weighted by atomic mass is 79.9. The van der Waals surface area contributed by atoms with Gasteiger partial charge < -0.3 is 5.32 Å². The second kappa shape index (κ2) is 5.54. The fraction of sp³-hybridized carbons (Fsp3) is 0.200. The summed E-state index contributed by atoms with van der Waals surface area (Å²) in [5.74, 6) is -0.129. The van der Waals surface area contributed by atoms with Crippen molar-refractivity contribution in [1.29, 1.82) is 0 Å². The Labute approximate surface area is 130 Å². The molecule has 5 heteroatoms. The number of carbonyl (C=O) groups is 1. The van der Waals surface area contributed by atoms with Crippen molar-refractivity contribution in [3.63, 3.8) is 0 Å². The molecule has 3 nitrogen and oxygen atoms in total. The number of fused-ring (bicyclic) bond motifs is 1. The zero-order valence-corrected chi connectivity index (χ0v) is 13.0. The fourth-order valence-corrected chi connectivity index (χ4v) is 2.86. The van der Waals surface area contributed by atoms with E-state index in [1.807, 2.05) is 18.2 Å². The molecule has 0 saturated heterocycles. The monoisotopic (exact) mass is 350 g/mol. The highest BCUT2D eigenvalue weighted by Gasteiger charge is 2.14. The Bertz CT molecular complexity index is 688. The number of amides is 1. The summed E-state index contributed by atoms with van der Waals surface area (Å²) in [6.07, 6.45) is 4.89. The van der Waals surface area contributed by atoms with Gasteiger partial charge in [0.2, 0.25) is 0 Å².